The van der Waals surface area contributed by atoms with Gasteiger partial charge in [-0.1, -0.05) is 6.07 Å². The fourth-order valence-corrected chi connectivity index (χ4v) is 3.33. The zero-order valence-corrected chi connectivity index (χ0v) is 14.8. The lowest BCUT2D eigenvalue weighted by molar-refractivity contribution is -0.137. The number of halogens is 3. The topological polar surface area (TPSA) is 92.3 Å². The minimum Gasteiger partial charge on any atom is -0.358 e. The van der Waals surface area contributed by atoms with Gasteiger partial charge in [0.2, 0.25) is 5.91 Å². The molecule has 10 heteroatoms. The van der Waals surface area contributed by atoms with E-state index in [1.165, 1.54) is 25.2 Å². The van der Waals surface area contributed by atoms with E-state index in [2.05, 4.69) is 10.6 Å². The van der Waals surface area contributed by atoms with Crippen LogP contribution in [0.3, 0.4) is 0 Å². The second-order valence-corrected chi connectivity index (χ2v) is 7.48. The Morgan fingerprint density at radius 3 is 2.22 bits per heavy atom. The summed E-state index contributed by atoms with van der Waals surface area (Å²) < 4.78 is 62.2. The van der Waals surface area contributed by atoms with Gasteiger partial charge in [0, 0.05) is 18.3 Å². The molecule has 0 aliphatic heterocycles. The second kappa shape index (κ2) is 7.78. The number of carbonyl (C=O) groups excluding carboxylic acids is 2. The van der Waals surface area contributed by atoms with Gasteiger partial charge >= 0.3 is 6.18 Å². The number of alkyl halides is 3. The molecule has 0 radical (unpaired) electrons. The highest BCUT2D eigenvalue weighted by Gasteiger charge is 2.30. The molecule has 0 saturated heterocycles. The number of hydrogen-bond donors (Lipinski definition) is 2. The second-order valence-electron chi connectivity index (χ2n) is 5.49. The van der Waals surface area contributed by atoms with E-state index in [0.29, 0.717) is 0 Å². The molecule has 0 aliphatic rings. The van der Waals surface area contributed by atoms with Crippen LogP contribution in [0.4, 0.5) is 18.9 Å². The minimum absolute atomic E-state index is 0.0475. The molecular weight excluding hydrogens is 385 g/mol. The van der Waals surface area contributed by atoms with Crippen molar-refractivity contribution in [1.29, 1.82) is 0 Å². The maximum absolute atomic E-state index is 12.7. The Morgan fingerprint density at radius 1 is 1.04 bits per heavy atom. The predicted molar refractivity (Wildman–Crippen MR) is 92.0 cm³/mol. The molecule has 6 nitrogen and oxygen atoms in total. The molecular formula is C17H15F3N2O4S. The first-order chi connectivity index (χ1) is 12.5. The van der Waals surface area contributed by atoms with Gasteiger partial charge in [-0.2, -0.15) is 13.2 Å². The Kier molecular flexibility index (Phi) is 5.89. The normalized spacial score (nSPS) is 11.7. The zero-order valence-electron chi connectivity index (χ0n) is 14.0. The summed E-state index contributed by atoms with van der Waals surface area (Å²) in [6.45, 7) is 0. The van der Waals surface area contributed by atoms with Gasteiger partial charge in [0.25, 0.3) is 5.91 Å². The van der Waals surface area contributed by atoms with E-state index in [-0.39, 0.29) is 16.1 Å². The molecule has 0 aliphatic carbocycles. The van der Waals surface area contributed by atoms with Crippen LogP contribution in [-0.4, -0.2) is 33.0 Å². The van der Waals surface area contributed by atoms with Crippen LogP contribution in [0.5, 0.6) is 0 Å². The summed E-state index contributed by atoms with van der Waals surface area (Å²) in [5.74, 6) is -2.12. The molecule has 0 aromatic heterocycles. The highest BCUT2D eigenvalue weighted by atomic mass is 32.2. The van der Waals surface area contributed by atoms with Crippen molar-refractivity contribution in [2.75, 3.05) is 18.1 Å². The number of anilines is 1. The predicted octanol–water partition coefficient (Wildman–Crippen LogP) is 2.48. The molecule has 0 atom stereocenters. The molecule has 2 N–H and O–H groups in total. The number of nitrogens with one attached hydrogen (secondary N) is 2. The molecule has 0 heterocycles. The zero-order chi connectivity index (χ0) is 20.2. The van der Waals surface area contributed by atoms with E-state index in [1.807, 2.05) is 0 Å². The van der Waals surface area contributed by atoms with Crippen molar-refractivity contribution in [3.8, 4) is 0 Å². The third-order valence-electron chi connectivity index (χ3n) is 3.52. The molecule has 2 amide bonds. The molecule has 144 valence electrons. The van der Waals surface area contributed by atoms with Crippen molar-refractivity contribution < 1.29 is 31.2 Å². The Hall–Kier alpha value is -2.88. The molecule has 27 heavy (non-hydrogen) atoms. The largest absolute Gasteiger partial charge is 0.416 e. The van der Waals surface area contributed by atoms with Crippen LogP contribution in [0.15, 0.2) is 53.4 Å². The van der Waals surface area contributed by atoms with E-state index in [0.717, 1.165) is 30.3 Å². The Morgan fingerprint density at radius 2 is 1.67 bits per heavy atom. The van der Waals surface area contributed by atoms with Gasteiger partial charge in [-0.15, -0.1) is 0 Å². The maximum Gasteiger partial charge on any atom is 0.416 e. The van der Waals surface area contributed by atoms with Gasteiger partial charge in [0.1, 0.15) is 5.75 Å². The van der Waals surface area contributed by atoms with E-state index < -0.39 is 39.1 Å². The smallest absolute Gasteiger partial charge is 0.358 e. The van der Waals surface area contributed by atoms with Crippen LogP contribution in [0.25, 0.3) is 0 Å². The lowest BCUT2D eigenvalue weighted by Gasteiger charge is -2.10. The summed E-state index contributed by atoms with van der Waals surface area (Å²) in [7, 11) is -2.56. The van der Waals surface area contributed by atoms with Crippen LogP contribution in [0.2, 0.25) is 0 Å². The number of sulfone groups is 1. The van der Waals surface area contributed by atoms with Crippen molar-refractivity contribution in [1.82, 2.24) is 5.32 Å². The Bertz CT molecular complexity index is 955. The third-order valence-corrected chi connectivity index (χ3v) is 5.16. The third kappa shape index (κ3) is 5.30. The van der Waals surface area contributed by atoms with Crippen LogP contribution in [0, 0.1) is 0 Å². The number of carbonyl (C=O) groups is 2. The molecule has 0 unspecified atom stereocenters. The quantitative estimate of drug-likeness (QED) is 0.807. The van der Waals surface area contributed by atoms with Gasteiger partial charge in [-0.05, 0) is 42.5 Å². The molecule has 0 saturated carbocycles. The van der Waals surface area contributed by atoms with Crippen molar-refractivity contribution in [3.05, 3.63) is 59.7 Å². The summed E-state index contributed by atoms with van der Waals surface area (Å²) in [6, 6.07) is 8.85. The highest BCUT2D eigenvalue weighted by Crippen LogP contribution is 2.30. The highest BCUT2D eigenvalue weighted by molar-refractivity contribution is 7.92. The van der Waals surface area contributed by atoms with E-state index >= 15 is 0 Å². The summed E-state index contributed by atoms with van der Waals surface area (Å²) in [5, 5.41) is 4.52. The number of hydrogen-bond acceptors (Lipinski definition) is 4. The van der Waals surface area contributed by atoms with Gasteiger partial charge < -0.3 is 10.6 Å². The van der Waals surface area contributed by atoms with Crippen molar-refractivity contribution in [2.45, 2.75) is 11.1 Å². The Labute approximate surface area is 153 Å². The molecule has 2 aromatic rings. The summed E-state index contributed by atoms with van der Waals surface area (Å²) >= 11 is 0. The number of benzene rings is 2. The first-order valence-corrected chi connectivity index (χ1v) is 9.20. The monoisotopic (exact) mass is 400 g/mol. The van der Waals surface area contributed by atoms with Crippen molar-refractivity contribution in [2.24, 2.45) is 0 Å². The lowest BCUT2D eigenvalue weighted by Crippen LogP contribution is -2.27. The molecule has 0 bridgehead atoms. The molecule has 2 aromatic carbocycles. The molecule has 0 fully saturated rings. The average molecular weight is 400 g/mol. The van der Waals surface area contributed by atoms with Crippen molar-refractivity contribution >= 4 is 27.3 Å². The molecule has 0 spiro atoms. The average Bonchev–Trinajstić information content (AvgIpc) is 2.61. The van der Waals surface area contributed by atoms with Crippen LogP contribution < -0.4 is 10.6 Å². The summed E-state index contributed by atoms with van der Waals surface area (Å²) in [5.41, 5.74) is -0.909. The fourth-order valence-electron chi connectivity index (χ4n) is 2.12. The number of amides is 2. The first-order valence-electron chi connectivity index (χ1n) is 7.55. The van der Waals surface area contributed by atoms with Gasteiger partial charge in [0.05, 0.1) is 10.5 Å². The Balaban J connectivity index is 2.16. The van der Waals surface area contributed by atoms with Crippen LogP contribution in [0.1, 0.15) is 15.9 Å². The van der Waals surface area contributed by atoms with E-state index in [9.17, 15) is 31.2 Å². The van der Waals surface area contributed by atoms with Gasteiger partial charge in [-0.25, -0.2) is 8.42 Å². The van der Waals surface area contributed by atoms with Crippen molar-refractivity contribution in [3.63, 3.8) is 0 Å². The summed E-state index contributed by atoms with van der Waals surface area (Å²) in [6.07, 6.45) is -4.54. The molecule has 2 rings (SSSR count). The van der Waals surface area contributed by atoms with E-state index in [1.54, 1.807) is 0 Å². The standard InChI is InChI=1S/C17H15F3N2O4S/c1-21-15(23)10-27(25,26)14-7-5-11(6-8-14)16(24)22-13-4-2-3-12(9-13)17(18,19)20/h2-9H,10H2,1H3,(H,21,23)(H,22,24). The lowest BCUT2D eigenvalue weighted by atomic mass is 10.1. The van der Waals surface area contributed by atoms with Gasteiger partial charge in [-0.3, -0.25) is 9.59 Å². The minimum atomic E-state index is -4.54. The van der Waals surface area contributed by atoms with Crippen LogP contribution >= 0.6 is 0 Å². The SMILES string of the molecule is CNC(=O)CS(=O)(=O)c1ccc(C(=O)Nc2cccc(C(F)(F)F)c2)cc1. The maximum atomic E-state index is 12.7. The summed E-state index contributed by atoms with van der Waals surface area (Å²) in [4.78, 5) is 23.2. The van der Waals surface area contributed by atoms with Crippen LogP contribution in [-0.2, 0) is 20.8 Å². The first kappa shape index (κ1) is 20.4. The van der Waals surface area contributed by atoms with E-state index in [4.69, 9.17) is 0 Å². The van der Waals surface area contributed by atoms with Gasteiger partial charge in [0.15, 0.2) is 9.84 Å². The number of rotatable bonds is 5. The fraction of sp³-hybridized carbons (Fsp3) is 0.176.